The first-order valence-corrected chi connectivity index (χ1v) is 7.99. The van der Waals surface area contributed by atoms with E-state index in [0.29, 0.717) is 0 Å². The molecule has 3 rings (SSSR count). The summed E-state index contributed by atoms with van der Waals surface area (Å²) in [5.41, 5.74) is 3.28. The number of hydrogen-bond acceptors (Lipinski definition) is 3. The topological polar surface area (TPSA) is 40.7 Å². The molecule has 1 aromatic carbocycles. The van der Waals surface area contributed by atoms with Crippen LogP contribution in [-0.4, -0.2) is 9.97 Å². The van der Waals surface area contributed by atoms with E-state index < -0.39 is 0 Å². The van der Waals surface area contributed by atoms with Gasteiger partial charge in [0.2, 0.25) is 0 Å². The van der Waals surface area contributed by atoms with Gasteiger partial charge in [-0.15, -0.1) is 11.3 Å². The molecular weight excluding hydrogens is 334 g/mol. The van der Waals surface area contributed by atoms with Gasteiger partial charge in [-0.05, 0) is 52.0 Å². The number of aromatic nitrogens is 2. The lowest BCUT2D eigenvalue weighted by molar-refractivity contribution is 0.903. The Morgan fingerprint density at radius 3 is 2.65 bits per heavy atom. The second-order valence-electron chi connectivity index (χ2n) is 4.54. The van der Waals surface area contributed by atoms with E-state index in [4.69, 9.17) is 0 Å². The first-order valence-electron chi connectivity index (χ1n) is 6.32. The summed E-state index contributed by atoms with van der Waals surface area (Å²) in [6.07, 6.45) is 3.52. The summed E-state index contributed by atoms with van der Waals surface area (Å²) >= 11 is 5.33. The molecule has 2 heterocycles. The molecule has 0 amide bonds. The number of thiophene rings is 1. The second-order valence-corrected chi connectivity index (χ2v) is 6.34. The van der Waals surface area contributed by atoms with Gasteiger partial charge >= 0.3 is 0 Å². The number of hydrogen-bond donors (Lipinski definition) is 2. The molecular formula is C15H14BrN3S. The summed E-state index contributed by atoms with van der Waals surface area (Å²) < 4.78 is 1.16. The third kappa shape index (κ3) is 2.78. The van der Waals surface area contributed by atoms with Crippen LogP contribution in [0.5, 0.6) is 0 Å². The van der Waals surface area contributed by atoms with Gasteiger partial charge in [-0.3, -0.25) is 0 Å². The van der Waals surface area contributed by atoms with Gasteiger partial charge in [0.1, 0.15) is 0 Å². The van der Waals surface area contributed by atoms with Crippen molar-refractivity contribution in [3.8, 4) is 11.3 Å². The Hall–Kier alpha value is -1.59. The van der Waals surface area contributed by atoms with E-state index >= 15 is 0 Å². The molecule has 0 bridgehead atoms. The van der Waals surface area contributed by atoms with Crippen molar-refractivity contribution in [3.05, 3.63) is 57.6 Å². The minimum atomic E-state index is 0.280. The molecule has 102 valence electrons. The molecule has 1 unspecified atom stereocenters. The first kappa shape index (κ1) is 13.4. The lowest BCUT2D eigenvalue weighted by atomic mass is 10.1. The molecule has 1 atom stereocenters. The maximum Gasteiger partial charge on any atom is 0.0924 e. The molecule has 0 radical (unpaired) electrons. The van der Waals surface area contributed by atoms with Crippen LogP contribution in [0.25, 0.3) is 11.3 Å². The van der Waals surface area contributed by atoms with Crippen LogP contribution < -0.4 is 5.32 Å². The third-order valence-corrected chi connectivity index (χ3v) is 5.17. The van der Waals surface area contributed by atoms with Crippen molar-refractivity contribution in [2.45, 2.75) is 13.0 Å². The van der Waals surface area contributed by atoms with Gasteiger partial charge in [0.15, 0.2) is 0 Å². The first-order chi connectivity index (χ1) is 9.74. The fraction of sp³-hybridized carbons (Fsp3) is 0.133. The summed E-state index contributed by atoms with van der Waals surface area (Å²) in [4.78, 5) is 8.45. The zero-order valence-corrected chi connectivity index (χ0v) is 13.3. The predicted octanol–water partition coefficient (Wildman–Crippen LogP) is 5.07. The SMILES string of the molecule is CC(Nc1ccc(-c2cnc[nH]2)cc1)c1sccc1Br. The van der Waals surface area contributed by atoms with Crippen LogP contribution in [0.1, 0.15) is 17.8 Å². The van der Waals surface area contributed by atoms with Crippen LogP contribution in [0.4, 0.5) is 5.69 Å². The van der Waals surface area contributed by atoms with Crippen LogP contribution in [0.3, 0.4) is 0 Å². The molecule has 0 saturated carbocycles. The molecule has 5 heteroatoms. The summed E-state index contributed by atoms with van der Waals surface area (Å²) in [5.74, 6) is 0. The Kier molecular flexibility index (Phi) is 3.89. The molecule has 0 aliphatic rings. The number of nitrogens with zero attached hydrogens (tertiary/aromatic N) is 1. The standard InChI is InChI=1S/C15H14BrN3S/c1-10(15-13(16)6-7-20-15)19-12-4-2-11(3-5-12)14-8-17-9-18-14/h2-10,19H,1H3,(H,17,18). The number of aromatic amines is 1. The van der Waals surface area contributed by atoms with E-state index in [-0.39, 0.29) is 6.04 Å². The molecule has 2 N–H and O–H groups in total. The fourth-order valence-corrected chi connectivity index (χ4v) is 3.81. The number of nitrogens with one attached hydrogen (secondary N) is 2. The minimum absolute atomic E-state index is 0.280. The van der Waals surface area contributed by atoms with Crippen LogP contribution in [-0.2, 0) is 0 Å². The van der Waals surface area contributed by atoms with Crippen LogP contribution >= 0.6 is 27.3 Å². The Morgan fingerprint density at radius 1 is 1.25 bits per heavy atom. The van der Waals surface area contributed by atoms with E-state index in [0.717, 1.165) is 21.4 Å². The second kappa shape index (κ2) is 5.81. The molecule has 3 aromatic rings. The van der Waals surface area contributed by atoms with Crippen molar-refractivity contribution in [2.24, 2.45) is 0 Å². The van der Waals surface area contributed by atoms with Crippen molar-refractivity contribution in [1.29, 1.82) is 0 Å². The number of rotatable bonds is 4. The number of anilines is 1. The zero-order valence-electron chi connectivity index (χ0n) is 10.9. The van der Waals surface area contributed by atoms with Gasteiger partial charge in [-0.1, -0.05) is 12.1 Å². The van der Waals surface area contributed by atoms with Crippen LogP contribution in [0.15, 0.2) is 52.7 Å². The minimum Gasteiger partial charge on any atom is -0.378 e. The molecule has 0 fully saturated rings. The summed E-state index contributed by atoms with van der Waals surface area (Å²) in [7, 11) is 0. The maximum atomic E-state index is 4.04. The van der Waals surface area contributed by atoms with Crippen LogP contribution in [0, 0.1) is 0 Å². The number of benzene rings is 1. The normalized spacial score (nSPS) is 12.3. The predicted molar refractivity (Wildman–Crippen MR) is 88.1 cm³/mol. The van der Waals surface area contributed by atoms with Crippen molar-refractivity contribution in [2.75, 3.05) is 5.32 Å². The van der Waals surface area contributed by atoms with Gasteiger partial charge in [0, 0.05) is 15.0 Å². The van der Waals surface area contributed by atoms with Gasteiger partial charge in [0.05, 0.1) is 24.3 Å². The van der Waals surface area contributed by atoms with Crippen molar-refractivity contribution in [3.63, 3.8) is 0 Å². The Morgan fingerprint density at radius 2 is 2.05 bits per heavy atom. The van der Waals surface area contributed by atoms with Crippen LogP contribution in [0.2, 0.25) is 0 Å². The third-order valence-electron chi connectivity index (χ3n) is 3.12. The smallest absolute Gasteiger partial charge is 0.0924 e. The average molecular weight is 348 g/mol. The Balaban J connectivity index is 1.74. The molecule has 0 spiro atoms. The van der Waals surface area contributed by atoms with Gasteiger partial charge in [0.25, 0.3) is 0 Å². The highest BCUT2D eigenvalue weighted by atomic mass is 79.9. The highest BCUT2D eigenvalue weighted by Gasteiger charge is 2.10. The highest BCUT2D eigenvalue weighted by Crippen LogP contribution is 2.31. The Bertz CT molecular complexity index is 673. The highest BCUT2D eigenvalue weighted by molar-refractivity contribution is 9.10. The molecule has 2 aromatic heterocycles. The lowest BCUT2D eigenvalue weighted by Crippen LogP contribution is -2.05. The van der Waals surface area contributed by atoms with Gasteiger partial charge in [-0.2, -0.15) is 0 Å². The van der Waals surface area contributed by atoms with Gasteiger partial charge < -0.3 is 10.3 Å². The fourth-order valence-electron chi connectivity index (χ4n) is 2.09. The number of halogens is 1. The van der Waals surface area contributed by atoms with E-state index in [9.17, 15) is 0 Å². The summed E-state index contributed by atoms with van der Waals surface area (Å²) in [5, 5.41) is 5.61. The molecule has 0 aliphatic heterocycles. The quantitative estimate of drug-likeness (QED) is 0.691. The van der Waals surface area contributed by atoms with E-state index in [1.54, 1.807) is 17.7 Å². The molecule has 0 aliphatic carbocycles. The summed E-state index contributed by atoms with van der Waals surface area (Å²) in [6.45, 7) is 2.17. The number of imidazole rings is 1. The summed E-state index contributed by atoms with van der Waals surface area (Å²) in [6, 6.07) is 10.7. The monoisotopic (exact) mass is 347 g/mol. The van der Waals surface area contributed by atoms with E-state index in [1.165, 1.54) is 4.88 Å². The van der Waals surface area contributed by atoms with Crippen molar-refractivity contribution >= 4 is 33.0 Å². The van der Waals surface area contributed by atoms with Crippen molar-refractivity contribution in [1.82, 2.24) is 9.97 Å². The number of H-pyrrole nitrogens is 1. The molecule has 20 heavy (non-hydrogen) atoms. The lowest BCUT2D eigenvalue weighted by Gasteiger charge is -2.14. The average Bonchev–Trinajstić information content (AvgIpc) is 3.10. The molecule has 3 nitrogen and oxygen atoms in total. The van der Waals surface area contributed by atoms with Gasteiger partial charge in [-0.25, -0.2) is 4.98 Å². The van der Waals surface area contributed by atoms with Crippen molar-refractivity contribution < 1.29 is 0 Å². The van der Waals surface area contributed by atoms with E-state index in [1.807, 2.05) is 6.20 Å². The zero-order chi connectivity index (χ0) is 13.9. The molecule has 0 saturated heterocycles. The Labute approximate surface area is 130 Å². The maximum absolute atomic E-state index is 4.04. The van der Waals surface area contributed by atoms with E-state index in [2.05, 4.69) is 73.9 Å². The largest absolute Gasteiger partial charge is 0.378 e.